The molecule has 1 unspecified atom stereocenters. The van der Waals surface area contributed by atoms with Gasteiger partial charge in [-0.3, -0.25) is 0 Å². The highest BCUT2D eigenvalue weighted by atomic mass is 32.2. The SMILES string of the molecule is CC(C)(C)C(CCCS(C)(=O)=O)CNC1CC1. The molecule has 1 saturated carbocycles. The van der Waals surface area contributed by atoms with Gasteiger partial charge in [0.05, 0.1) is 0 Å². The number of hydrogen-bond acceptors (Lipinski definition) is 3. The standard InChI is InChI=1S/C13H27NO2S/c1-13(2,3)11(10-14-12-7-8-12)6-5-9-17(4,15)16/h11-12,14H,5-10H2,1-4H3. The van der Waals surface area contributed by atoms with Crippen LogP contribution in [0, 0.1) is 11.3 Å². The first kappa shape index (κ1) is 15.0. The van der Waals surface area contributed by atoms with Crippen molar-refractivity contribution in [1.29, 1.82) is 0 Å². The average Bonchev–Trinajstić information content (AvgIpc) is 2.90. The monoisotopic (exact) mass is 261 g/mol. The minimum absolute atomic E-state index is 0.249. The van der Waals surface area contributed by atoms with Crippen LogP contribution in [0.2, 0.25) is 0 Å². The van der Waals surface area contributed by atoms with Crippen molar-refractivity contribution in [2.24, 2.45) is 11.3 Å². The lowest BCUT2D eigenvalue weighted by atomic mass is 9.78. The van der Waals surface area contributed by atoms with Gasteiger partial charge in [-0.25, -0.2) is 8.42 Å². The van der Waals surface area contributed by atoms with Gasteiger partial charge in [-0.2, -0.15) is 0 Å². The zero-order valence-corrected chi connectivity index (χ0v) is 12.4. The van der Waals surface area contributed by atoms with Gasteiger partial charge in [-0.1, -0.05) is 20.8 Å². The number of hydrogen-bond donors (Lipinski definition) is 1. The van der Waals surface area contributed by atoms with Gasteiger partial charge in [0.2, 0.25) is 0 Å². The average molecular weight is 261 g/mol. The Bertz CT molecular complexity index is 326. The summed E-state index contributed by atoms with van der Waals surface area (Å²) >= 11 is 0. The van der Waals surface area contributed by atoms with Crippen LogP contribution in [0.25, 0.3) is 0 Å². The van der Waals surface area contributed by atoms with E-state index in [0.717, 1.165) is 25.4 Å². The van der Waals surface area contributed by atoms with Crippen molar-refractivity contribution < 1.29 is 8.42 Å². The molecular formula is C13H27NO2S. The highest BCUT2D eigenvalue weighted by Crippen LogP contribution is 2.30. The molecule has 1 N–H and O–H groups in total. The van der Waals surface area contributed by atoms with E-state index in [1.165, 1.54) is 19.1 Å². The normalized spacial score (nSPS) is 19.3. The third-order valence-electron chi connectivity index (χ3n) is 3.52. The molecule has 0 radical (unpaired) electrons. The minimum Gasteiger partial charge on any atom is -0.314 e. The van der Waals surface area contributed by atoms with Gasteiger partial charge in [0.15, 0.2) is 0 Å². The summed E-state index contributed by atoms with van der Waals surface area (Å²) in [5, 5.41) is 3.56. The third-order valence-corrected chi connectivity index (χ3v) is 4.55. The van der Waals surface area contributed by atoms with E-state index in [0.29, 0.717) is 11.7 Å². The van der Waals surface area contributed by atoms with Crippen LogP contribution in [0.1, 0.15) is 46.5 Å². The molecule has 0 aromatic heterocycles. The molecule has 1 aliphatic carbocycles. The van der Waals surface area contributed by atoms with Crippen LogP contribution in [0.4, 0.5) is 0 Å². The van der Waals surface area contributed by atoms with Crippen LogP contribution in [0.15, 0.2) is 0 Å². The molecule has 0 heterocycles. The Morgan fingerprint density at radius 2 is 1.88 bits per heavy atom. The summed E-state index contributed by atoms with van der Waals surface area (Å²) in [6, 6.07) is 0.731. The Hall–Kier alpha value is -0.0900. The van der Waals surface area contributed by atoms with Gasteiger partial charge < -0.3 is 5.32 Å². The summed E-state index contributed by atoms with van der Waals surface area (Å²) in [4.78, 5) is 0. The molecule has 0 aliphatic heterocycles. The maximum absolute atomic E-state index is 11.1. The lowest BCUT2D eigenvalue weighted by molar-refractivity contribution is 0.217. The molecule has 3 nitrogen and oxygen atoms in total. The fourth-order valence-electron chi connectivity index (χ4n) is 2.03. The topological polar surface area (TPSA) is 46.2 Å². The Kier molecular flexibility index (Phi) is 5.02. The van der Waals surface area contributed by atoms with E-state index < -0.39 is 9.84 Å². The van der Waals surface area contributed by atoms with E-state index in [-0.39, 0.29) is 5.41 Å². The van der Waals surface area contributed by atoms with E-state index in [1.54, 1.807) is 0 Å². The molecule has 0 amide bonds. The Labute approximate surface area is 106 Å². The first-order valence-electron chi connectivity index (χ1n) is 6.59. The molecule has 0 aromatic carbocycles. The second-order valence-electron chi connectivity index (χ2n) is 6.52. The quantitative estimate of drug-likeness (QED) is 0.764. The van der Waals surface area contributed by atoms with Crippen LogP contribution in [0.5, 0.6) is 0 Å². The molecule has 0 spiro atoms. The lowest BCUT2D eigenvalue weighted by Gasteiger charge is -2.31. The second kappa shape index (κ2) is 5.70. The molecule has 1 rings (SSSR count). The van der Waals surface area contributed by atoms with Gasteiger partial charge in [0.25, 0.3) is 0 Å². The van der Waals surface area contributed by atoms with Crippen molar-refractivity contribution in [1.82, 2.24) is 5.32 Å². The molecule has 17 heavy (non-hydrogen) atoms. The fourth-order valence-corrected chi connectivity index (χ4v) is 2.72. The van der Waals surface area contributed by atoms with Gasteiger partial charge in [0.1, 0.15) is 9.84 Å². The maximum atomic E-state index is 11.1. The van der Waals surface area contributed by atoms with Gasteiger partial charge in [-0.15, -0.1) is 0 Å². The Balaban J connectivity index is 2.34. The highest BCUT2D eigenvalue weighted by molar-refractivity contribution is 7.90. The van der Waals surface area contributed by atoms with E-state index in [4.69, 9.17) is 0 Å². The Morgan fingerprint density at radius 3 is 2.29 bits per heavy atom. The number of nitrogens with one attached hydrogen (secondary N) is 1. The minimum atomic E-state index is -2.80. The molecule has 0 aromatic rings. The highest BCUT2D eigenvalue weighted by Gasteiger charge is 2.27. The molecule has 1 fully saturated rings. The molecule has 1 atom stereocenters. The van der Waals surface area contributed by atoms with Gasteiger partial charge in [-0.05, 0) is 43.6 Å². The van der Waals surface area contributed by atoms with Crippen molar-refractivity contribution in [3.63, 3.8) is 0 Å². The van der Waals surface area contributed by atoms with Crippen molar-refractivity contribution in [2.45, 2.75) is 52.5 Å². The first-order chi connectivity index (χ1) is 7.68. The summed E-state index contributed by atoms with van der Waals surface area (Å²) in [5.74, 6) is 0.882. The third kappa shape index (κ3) is 7.04. The molecule has 0 bridgehead atoms. The zero-order valence-electron chi connectivity index (χ0n) is 11.6. The van der Waals surface area contributed by atoms with Crippen molar-refractivity contribution >= 4 is 9.84 Å². The Morgan fingerprint density at radius 1 is 1.29 bits per heavy atom. The zero-order chi connectivity index (χ0) is 13.1. The molecule has 0 saturated heterocycles. The lowest BCUT2D eigenvalue weighted by Crippen LogP contribution is -2.33. The van der Waals surface area contributed by atoms with Gasteiger partial charge >= 0.3 is 0 Å². The summed E-state index contributed by atoms with van der Waals surface area (Å²) < 4.78 is 22.2. The smallest absolute Gasteiger partial charge is 0.147 e. The predicted octanol–water partition coefficient (Wildman–Crippen LogP) is 2.23. The maximum Gasteiger partial charge on any atom is 0.147 e. The fraction of sp³-hybridized carbons (Fsp3) is 1.00. The summed E-state index contributed by atoms with van der Waals surface area (Å²) in [6.45, 7) is 7.75. The van der Waals surface area contributed by atoms with Gasteiger partial charge in [0, 0.05) is 18.1 Å². The predicted molar refractivity (Wildman–Crippen MR) is 72.9 cm³/mol. The molecule has 1 aliphatic rings. The largest absolute Gasteiger partial charge is 0.314 e. The van der Waals surface area contributed by atoms with Crippen LogP contribution in [-0.2, 0) is 9.84 Å². The number of sulfone groups is 1. The first-order valence-corrected chi connectivity index (χ1v) is 8.65. The molecule has 4 heteroatoms. The molecular weight excluding hydrogens is 234 g/mol. The molecule has 102 valence electrons. The summed E-state index contributed by atoms with van der Waals surface area (Å²) in [5.41, 5.74) is 0.249. The van der Waals surface area contributed by atoms with E-state index in [2.05, 4.69) is 26.1 Å². The summed E-state index contributed by atoms with van der Waals surface area (Å²) in [7, 11) is -2.80. The number of rotatable bonds is 7. The van der Waals surface area contributed by atoms with Crippen LogP contribution in [-0.4, -0.2) is 33.0 Å². The second-order valence-corrected chi connectivity index (χ2v) is 8.78. The van der Waals surface area contributed by atoms with E-state index in [9.17, 15) is 8.42 Å². The van der Waals surface area contributed by atoms with Crippen LogP contribution in [0.3, 0.4) is 0 Å². The van der Waals surface area contributed by atoms with Crippen molar-refractivity contribution in [3.05, 3.63) is 0 Å². The van der Waals surface area contributed by atoms with E-state index >= 15 is 0 Å². The van der Waals surface area contributed by atoms with Crippen LogP contribution >= 0.6 is 0 Å². The van der Waals surface area contributed by atoms with E-state index in [1.807, 2.05) is 0 Å². The van der Waals surface area contributed by atoms with Crippen molar-refractivity contribution in [3.8, 4) is 0 Å². The summed E-state index contributed by atoms with van der Waals surface area (Å²) in [6.07, 6.45) is 5.71. The van der Waals surface area contributed by atoms with Crippen molar-refractivity contribution in [2.75, 3.05) is 18.6 Å². The van der Waals surface area contributed by atoms with Crippen LogP contribution < -0.4 is 5.32 Å².